The molecule has 2 heterocycles. The third kappa shape index (κ3) is 2.40. The maximum Gasteiger partial charge on any atom is 0.241 e. The highest BCUT2D eigenvalue weighted by atomic mass is 16.1. The maximum absolute atomic E-state index is 13.5. The van der Waals surface area contributed by atoms with Crippen LogP contribution in [-0.2, 0) is 10.5 Å². The molecular weight excluding hydrogens is 364 g/mol. The van der Waals surface area contributed by atoms with Gasteiger partial charge >= 0.3 is 0 Å². The van der Waals surface area contributed by atoms with Gasteiger partial charge in [-0.1, -0.05) is 64.5 Å². The average molecular weight is 382 g/mol. The van der Waals surface area contributed by atoms with Gasteiger partial charge in [0.1, 0.15) is 11.0 Å². The van der Waals surface area contributed by atoms with Gasteiger partial charge in [-0.15, -0.1) is 10.2 Å². The number of carbonyl (C=O) groups is 1. The van der Waals surface area contributed by atoms with Crippen LogP contribution in [0.1, 0.15) is 18.1 Å². The number of ketones is 1. The van der Waals surface area contributed by atoms with Gasteiger partial charge in [0.2, 0.25) is 5.66 Å². The van der Waals surface area contributed by atoms with E-state index in [-0.39, 0.29) is 5.78 Å². The number of aromatic nitrogens is 6. The molecule has 0 radical (unpaired) electrons. The molecule has 0 unspecified atom stereocenters. The fourth-order valence-corrected chi connectivity index (χ4v) is 3.84. The van der Waals surface area contributed by atoms with Crippen LogP contribution in [0.3, 0.4) is 0 Å². The van der Waals surface area contributed by atoms with Gasteiger partial charge in [-0.3, -0.25) is 4.79 Å². The molecule has 0 saturated carbocycles. The fraction of sp³-hybridized carbons (Fsp3) is 0.136. The fourth-order valence-electron chi connectivity index (χ4n) is 3.84. The molecule has 3 aromatic carbocycles. The first kappa shape index (κ1) is 17.2. The van der Waals surface area contributed by atoms with Gasteiger partial charge in [0.15, 0.2) is 5.78 Å². The van der Waals surface area contributed by atoms with Gasteiger partial charge in [-0.2, -0.15) is 0 Å². The number of hydrogen-bond donors (Lipinski definition) is 0. The molecule has 0 amide bonds. The van der Waals surface area contributed by atoms with Crippen LogP contribution in [0.4, 0.5) is 0 Å². The van der Waals surface area contributed by atoms with Crippen molar-refractivity contribution in [1.29, 1.82) is 0 Å². The Bertz CT molecular complexity index is 1270. The Balaban J connectivity index is 1.95. The number of Topliss-reactive ketones (excluding diaryl/α,β-unsaturated/α-hetero) is 1. The van der Waals surface area contributed by atoms with Crippen LogP contribution in [0.25, 0.3) is 22.1 Å². The molecule has 0 aliphatic rings. The number of hydrogen-bond acceptors (Lipinski definition) is 5. The zero-order valence-corrected chi connectivity index (χ0v) is 16.0. The number of fused-ring (bicyclic) bond motifs is 2. The Morgan fingerprint density at radius 2 is 1.24 bits per heavy atom. The molecule has 0 fully saturated rings. The van der Waals surface area contributed by atoms with E-state index in [0.717, 1.165) is 22.2 Å². The van der Waals surface area contributed by atoms with Crippen molar-refractivity contribution in [3.8, 4) is 0 Å². The molecule has 5 rings (SSSR count). The van der Waals surface area contributed by atoms with Crippen LogP contribution in [0.5, 0.6) is 0 Å². The molecule has 0 saturated heterocycles. The molecule has 5 aromatic rings. The molecule has 7 heteroatoms. The van der Waals surface area contributed by atoms with Crippen molar-refractivity contribution in [3.63, 3.8) is 0 Å². The van der Waals surface area contributed by atoms with Crippen molar-refractivity contribution in [2.24, 2.45) is 0 Å². The van der Waals surface area contributed by atoms with Crippen molar-refractivity contribution < 1.29 is 4.79 Å². The van der Waals surface area contributed by atoms with Gasteiger partial charge in [-0.05, 0) is 38.1 Å². The van der Waals surface area contributed by atoms with Gasteiger partial charge < -0.3 is 0 Å². The van der Waals surface area contributed by atoms with E-state index in [4.69, 9.17) is 0 Å². The summed E-state index contributed by atoms with van der Waals surface area (Å²) in [6, 6.07) is 23.0. The molecule has 142 valence electrons. The molecule has 0 aliphatic heterocycles. The van der Waals surface area contributed by atoms with Crippen LogP contribution in [0.15, 0.2) is 72.8 Å². The molecule has 7 nitrogen and oxygen atoms in total. The lowest BCUT2D eigenvalue weighted by molar-refractivity contribution is -0.125. The largest absolute Gasteiger partial charge is 0.295 e. The first-order chi connectivity index (χ1) is 14.1. The summed E-state index contributed by atoms with van der Waals surface area (Å²) in [5.41, 5.74) is 3.36. The second-order valence-electron chi connectivity index (χ2n) is 7.07. The summed E-state index contributed by atoms with van der Waals surface area (Å²) in [4.78, 5) is 13.5. The first-order valence-electron chi connectivity index (χ1n) is 9.32. The summed E-state index contributed by atoms with van der Waals surface area (Å²) in [6.07, 6.45) is 0. The van der Waals surface area contributed by atoms with Crippen molar-refractivity contribution in [3.05, 3.63) is 83.9 Å². The van der Waals surface area contributed by atoms with E-state index in [1.54, 1.807) is 16.3 Å². The van der Waals surface area contributed by atoms with Crippen molar-refractivity contribution >= 4 is 27.9 Å². The minimum atomic E-state index is -1.36. The van der Waals surface area contributed by atoms with Crippen LogP contribution in [0, 0.1) is 6.92 Å². The quantitative estimate of drug-likeness (QED) is 0.476. The predicted molar refractivity (Wildman–Crippen MR) is 109 cm³/mol. The summed E-state index contributed by atoms with van der Waals surface area (Å²) >= 11 is 0. The van der Waals surface area contributed by atoms with Gasteiger partial charge in [0, 0.05) is 5.56 Å². The Kier molecular flexibility index (Phi) is 3.77. The third-order valence-electron chi connectivity index (χ3n) is 5.26. The minimum Gasteiger partial charge on any atom is -0.295 e. The summed E-state index contributed by atoms with van der Waals surface area (Å²) in [5.74, 6) is -0.146. The summed E-state index contributed by atoms with van der Waals surface area (Å²) in [6.45, 7) is 3.56. The van der Waals surface area contributed by atoms with E-state index in [9.17, 15) is 4.79 Å². The minimum absolute atomic E-state index is 0.146. The van der Waals surface area contributed by atoms with Crippen LogP contribution in [-0.4, -0.2) is 35.8 Å². The van der Waals surface area contributed by atoms with E-state index >= 15 is 0 Å². The van der Waals surface area contributed by atoms with E-state index in [0.29, 0.717) is 11.0 Å². The van der Waals surface area contributed by atoms with E-state index in [2.05, 4.69) is 20.6 Å². The topological polar surface area (TPSA) is 78.5 Å². The zero-order chi connectivity index (χ0) is 20.0. The monoisotopic (exact) mass is 382 g/mol. The van der Waals surface area contributed by atoms with Crippen LogP contribution >= 0.6 is 0 Å². The predicted octanol–water partition coefficient (Wildman–Crippen LogP) is 3.32. The number of nitrogens with zero attached hydrogens (tertiary/aromatic N) is 6. The lowest BCUT2D eigenvalue weighted by Crippen LogP contribution is -2.49. The zero-order valence-electron chi connectivity index (χ0n) is 16.0. The van der Waals surface area contributed by atoms with Gasteiger partial charge in [0.25, 0.3) is 0 Å². The van der Waals surface area contributed by atoms with Gasteiger partial charge in [-0.25, -0.2) is 9.36 Å². The average Bonchev–Trinajstić information content (AvgIpc) is 3.35. The molecule has 0 spiro atoms. The normalized spacial score (nSPS) is 11.9. The molecule has 0 N–H and O–H groups in total. The Morgan fingerprint density at radius 1 is 0.759 bits per heavy atom. The van der Waals surface area contributed by atoms with E-state index < -0.39 is 5.66 Å². The highest BCUT2D eigenvalue weighted by molar-refractivity contribution is 5.92. The maximum atomic E-state index is 13.5. The van der Waals surface area contributed by atoms with Crippen LogP contribution in [0.2, 0.25) is 0 Å². The highest BCUT2D eigenvalue weighted by Gasteiger charge is 2.46. The Morgan fingerprint density at radius 3 is 1.72 bits per heavy atom. The SMILES string of the molecule is CC(=O)C(c1ccc(C)cc1)(n1nnc2ccccc21)n1nnc2ccccc21. The molecular formula is C22H18N6O. The molecule has 2 aromatic heterocycles. The summed E-state index contributed by atoms with van der Waals surface area (Å²) < 4.78 is 3.30. The number of rotatable bonds is 4. The lowest BCUT2D eigenvalue weighted by Gasteiger charge is -2.32. The second-order valence-corrected chi connectivity index (χ2v) is 7.07. The van der Waals surface area contributed by atoms with Crippen molar-refractivity contribution in [2.75, 3.05) is 0 Å². The van der Waals surface area contributed by atoms with Crippen LogP contribution < -0.4 is 0 Å². The molecule has 0 bridgehead atoms. The highest BCUT2D eigenvalue weighted by Crippen LogP contribution is 2.34. The smallest absolute Gasteiger partial charge is 0.241 e. The van der Waals surface area contributed by atoms with E-state index in [1.165, 1.54) is 0 Å². The number of carbonyl (C=O) groups excluding carboxylic acids is 1. The first-order valence-corrected chi connectivity index (χ1v) is 9.32. The summed E-state index contributed by atoms with van der Waals surface area (Å²) in [5, 5.41) is 17.4. The standard InChI is InChI=1S/C22H18N6O/c1-15-11-13-17(14-12-15)22(16(2)29,27-20-9-5-3-7-18(20)23-25-27)28-21-10-6-4-8-19(21)24-26-28/h3-14H,1-2H3. The van der Waals surface area contributed by atoms with Gasteiger partial charge in [0.05, 0.1) is 11.0 Å². The Hall–Kier alpha value is -3.87. The lowest BCUT2D eigenvalue weighted by atomic mass is 9.93. The Labute approximate surface area is 166 Å². The second kappa shape index (κ2) is 6.34. The molecule has 29 heavy (non-hydrogen) atoms. The third-order valence-corrected chi connectivity index (χ3v) is 5.26. The van der Waals surface area contributed by atoms with Crippen molar-refractivity contribution in [1.82, 2.24) is 30.0 Å². The molecule has 0 atom stereocenters. The van der Waals surface area contributed by atoms with E-state index in [1.807, 2.05) is 79.7 Å². The number of benzene rings is 3. The molecule has 0 aliphatic carbocycles. The summed E-state index contributed by atoms with van der Waals surface area (Å²) in [7, 11) is 0. The number of aryl methyl sites for hydroxylation is 1. The number of para-hydroxylation sites is 2. The van der Waals surface area contributed by atoms with Crippen molar-refractivity contribution in [2.45, 2.75) is 19.5 Å².